The SMILES string of the molecule is Nc1nc(-c2cccc(-c3ccccc3Cl)c2)co1. The molecule has 0 aliphatic carbocycles. The van der Waals surface area contributed by atoms with E-state index in [-0.39, 0.29) is 6.01 Å². The van der Waals surface area contributed by atoms with Crippen molar-refractivity contribution in [3.8, 4) is 22.4 Å². The van der Waals surface area contributed by atoms with Crippen LogP contribution in [0.4, 0.5) is 6.01 Å². The Bertz CT molecular complexity index is 721. The van der Waals surface area contributed by atoms with Crippen molar-refractivity contribution in [2.45, 2.75) is 0 Å². The molecule has 0 spiro atoms. The van der Waals surface area contributed by atoms with E-state index in [2.05, 4.69) is 4.98 Å². The number of halogens is 1. The molecule has 0 saturated carbocycles. The summed E-state index contributed by atoms with van der Waals surface area (Å²) >= 11 is 6.21. The molecule has 0 radical (unpaired) electrons. The number of aromatic nitrogens is 1. The van der Waals surface area contributed by atoms with Crippen LogP contribution in [0.15, 0.2) is 59.2 Å². The number of nitrogens with zero attached hydrogens (tertiary/aromatic N) is 1. The second-order valence-corrected chi connectivity index (χ2v) is 4.54. The Morgan fingerprint density at radius 1 is 1.00 bits per heavy atom. The number of oxazole rings is 1. The van der Waals surface area contributed by atoms with E-state index in [9.17, 15) is 0 Å². The highest BCUT2D eigenvalue weighted by molar-refractivity contribution is 6.33. The van der Waals surface area contributed by atoms with E-state index in [0.717, 1.165) is 21.7 Å². The molecule has 3 aromatic rings. The Balaban J connectivity index is 2.08. The van der Waals surface area contributed by atoms with Crippen molar-refractivity contribution in [2.75, 3.05) is 5.73 Å². The molecule has 0 saturated heterocycles. The molecule has 94 valence electrons. The second kappa shape index (κ2) is 4.78. The highest BCUT2D eigenvalue weighted by Crippen LogP contribution is 2.30. The van der Waals surface area contributed by atoms with Gasteiger partial charge in [-0.25, -0.2) is 0 Å². The van der Waals surface area contributed by atoms with Crippen molar-refractivity contribution in [1.29, 1.82) is 0 Å². The molecule has 3 rings (SSSR count). The van der Waals surface area contributed by atoms with E-state index < -0.39 is 0 Å². The first-order valence-corrected chi connectivity index (χ1v) is 6.18. The summed E-state index contributed by atoms with van der Waals surface area (Å²) in [6.45, 7) is 0. The lowest BCUT2D eigenvalue weighted by atomic mass is 10.0. The van der Waals surface area contributed by atoms with Crippen molar-refractivity contribution >= 4 is 17.6 Å². The minimum Gasteiger partial charge on any atom is -0.432 e. The summed E-state index contributed by atoms with van der Waals surface area (Å²) < 4.78 is 5.03. The van der Waals surface area contributed by atoms with Gasteiger partial charge in [0.1, 0.15) is 12.0 Å². The maximum Gasteiger partial charge on any atom is 0.292 e. The lowest BCUT2D eigenvalue weighted by molar-refractivity contribution is 0.581. The predicted octanol–water partition coefficient (Wildman–Crippen LogP) is 4.24. The minimum atomic E-state index is 0.165. The standard InChI is InChI=1S/C15H11ClN2O/c16-13-7-2-1-6-12(13)10-4-3-5-11(8-10)14-9-19-15(17)18-14/h1-9H,(H2,17,18). The molecule has 0 bridgehead atoms. The Morgan fingerprint density at radius 3 is 2.53 bits per heavy atom. The summed E-state index contributed by atoms with van der Waals surface area (Å²) in [5.74, 6) is 0. The number of hydrogen-bond donors (Lipinski definition) is 1. The van der Waals surface area contributed by atoms with Crippen LogP contribution in [-0.4, -0.2) is 4.98 Å². The van der Waals surface area contributed by atoms with Crippen LogP contribution < -0.4 is 5.73 Å². The lowest BCUT2D eigenvalue weighted by Crippen LogP contribution is -1.85. The molecule has 1 aromatic heterocycles. The molecular formula is C15H11ClN2O. The fourth-order valence-corrected chi connectivity index (χ4v) is 2.21. The lowest BCUT2D eigenvalue weighted by Gasteiger charge is -2.05. The average Bonchev–Trinajstić information content (AvgIpc) is 2.86. The van der Waals surface area contributed by atoms with Crippen molar-refractivity contribution < 1.29 is 4.42 Å². The number of rotatable bonds is 2. The highest BCUT2D eigenvalue weighted by atomic mass is 35.5. The van der Waals surface area contributed by atoms with E-state index in [0.29, 0.717) is 5.69 Å². The molecule has 0 atom stereocenters. The molecule has 0 aliphatic rings. The summed E-state index contributed by atoms with van der Waals surface area (Å²) in [7, 11) is 0. The summed E-state index contributed by atoms with van der Waals surface area (Å²) in [6.07, 6.45) is 1.54. The molecule has 0 aliphatic heterocycles. The van der Waals surface area contributed by atoms with Crippen LogP contribution in [0, 0.1) is 0 Å². The largest absolute Gasteiger partial charge is 0.432 e. The van der Waals surface area contributed by atoms with Crippen molar-refractivity contribution in [1.82, 2.24) is 4.98 Å². The van der Waals surface area contributed by atoms with Gasteiger partial charge in [-0.3, -0.25) is 0 Å². The van der Waals surface area contributed by atoms with Gasteiger partial charge in [0.25, 0.3) is 6.01 Å². The van der Waals surface area contributed by atoms with Crippen LogP contribution in [-0.2, 0) is 0 Å². The molecule has 0 unspecified atom stereocenters. The first-order valence-electron chi connectivity index (χ1n) is 5.80. The van der Waals surface area contributed by atoms with Gasteiger partial charge in [-0.15, -0.1) is 0 Å². The van der Waals surface area contributed by atoms with Crippen LogP contribution in [0.1, 0.15) is 0 Å². The molecule has 4 heteroatoms. The zero-order valence-corrected chi connectivity index (χ0v) is 10.8. The number of benzene rings is 2. The number of nitrogen functional groups attached to an aromatic ring is 1. The van der Waals surface area contributed by atoms with Crippen LogP contribution in [0.3, 0.4) is 0 Å². The van der Waals surface area contributed by atoms with E-state index in [1.54, 1.807) is 6.26 Å². The average molecular weight is 271 g/mol. The van der Waals surface area contributed by atoms with Gasteiger partial charge in [-0.05, 0) is 17.7 Å². The van der Waals surface area contributed by atoms with Crippen LogP contribution in [0.5, 0.6) is 0 Å². The predicted molar refractivity (Wildman–Crippen MR) is 76.8 cm³/mol. The van der Waals surface area contributed by atoms with Gasteiger partial charge in [0, 0.05) is 16.1 Å². The van der Waals surface area contributed by atoms with Gasteiger partial charge in [-0.1, -0.05) is 48.0 Å². The molecular weight excluding hydrogens is 260 g/mol. The first kappa shape index (κ1) is 11.8. The second-order valence-electron chi connectivity index (χ2n) is 4.13. The fourth-order valence-electron chi connectivity index (χ4n) is 1.96. The summed E-state index contributed by atoms with van der Waals surface area (Å²) in [5.41, 5.74) is 9.17. The van der Waals surface area contributed by atoms with E-state index >= 15 is 0 Å². The highest BCUT2D eigenvalue weighted by Gasteiger charge is 2.07. The van der Waals surface area contributed by atoms with Gasteiger partial charge < -0.3 is 10.2 Å². The third kappa shape index (κ3) is 2.33. The fraction of sp³-hybridized carbons (Fsp3) is 0. The Kier molecular flexibility index (Phi) is 2.97. The van der Waals surface area contributed by atoms with E-state index in [1.807, 2.05) is 48.5 Å². The monoisotopic (exact) mass is 270 g/mol. The van der Waals surface area contributed by atoms with E-state index in [4.69, 9.17) is 21.8 Å². The van der Waals surface area contributed by atoms with Crippen LogP contribution in [0.25, 0.3) is 22.4 Å². The Hall–Kier alpha value is -2.26. The topological polar surface area (TPSA) is 52.0 Å². The van der Waals surface area contributed by atoms with Crippen LogP contribution in [0.2, 0.25) is 5.02 Å². The van der Waals surface area contributed by atoms with Crippen LogP contribution >= 0.6 is 11.6 Å². The molecule has 19 heavy (non-hydrogen) atoms. The maximum atomic E-state index is 6.21. The van der Waals surface area contributed by atoms with E-state index in [1.165, 1.54) is 0 Å². The third-order valence-electron chi connectivity index (χ3n) is 2.87. The molecule has 0 amide bonds. The van der Waals surface area contributed by atoms with Gasteiger partial charge in [0.2, 0.25) is 0 Å². The van der Waals surface area contributed by atoms with Gasteiger partial charge in [0.15, 0.2) is 0 Å². The zero-order chi connectivity index (χ0) is 13.2. The number of hydrogen-bond acceptors (Lipinski definition) is 3. The number of anilines is 1. The summed E-state index contributed by atoms with van der Waals surface area (Å²) in [6, 6.07) is 15.8. The van der Waals surface area contributed by atoms with Gasteiger partial charge >= 0.3 is 0 Å². The summed E-state index contributed by atoms with van der Waals surface area (Å²) in [5, 5.41) is 0.722. The molecule has 2 N–H and O–H groups in total. The Morgan fingerprint density at radius 2 is 1.79 bits per heavy atom. The van der Waals surface area contributed by atoms with Gasteiger partial charge in [-0.2, -0.15) is 4.98 Å². The normalized spacial score (nSPS) is 10.6. The third-order valence-corrected chi connectivity index (χ3v) is 3.19. The quantitative estimate of drug-likeness (QED) is 0.757. The van der Waals surface area contributed by atoms with Crippen molar-refractivity contribution in [2.24, 2.45) is 0 Å². The molecule has 0 fully saturated rings. The van der Waals surface area contributed by atoms with Crippen molar-refractivity contribution in [3.63, 3.8) is 0 Å². The summed E-state index contributed by atoms with van der Waals surface area (Å²) in [4.78, 5) is 4.12. The smallest absolute Gasteiger partial charge is 0.292 e. The molecule has 3 nitrogen and oxygen atoms in total. The maximum absolute atomic E-state index is 6.21. The Labute approximate surface area is 115 Å². The zero-order valence-electron chi connectivity index (χ0n) is 10.0. The molecule has 2 aromatic carbocycles. The minimum absolute atomic E-state index is 0.165. The molecule has 1 heterocycles. The number of nitrogens with two attached hydrogens (primary N) is 1. The van der Waals surface area contributed by atoms with Crippen molar-refractivity contribution in [3.05, 3.63) is 59.8 Å². The first-order chi connectivity index (χ1) is 9.24. The van der Waals surface area contributed by atoms with Gasteiger partial charge in [0.05, 0.1) is 0 Å².